The van der Waals surface area contributed by atoms with Crippen LogP contribution in [0.4, 0.5) is 0 Å². The van der Waals surface area contributed by atoms with E-state index in [2.05, 4.69) is 59.9 Å². The fourth-order valence-electron chi connectivity index (χ4n) is 11.5. The molecule has 5 heteroatoms. The van der Waals surface area contributed by atoms with Crippen molar-refractivity contribution in [2.45, 2.75) is 139 Å². The normalized spacial score (nSPS) is 45.2. The summed E-state index contributed by atoms with van der Waals surface area (Å²) in [5.41, 5.74) is 1.62. The van der Waals surface area contributed by atoms with E-state index in [4.69, 9.17) is 4.74 Å². The van der Waals surface area contributed by atoms with Gasteiger partial charge in [0.05, 0.1) is 18.6 Å². The Balaban J connectivity index is 1.55. The monoisotopic (exact) mass is 569 g/mol. The van der Waals surface area contributed by atoms with Gasteiger partial charge in [-0.25, -0.2) is 4.79 Å². The maximum atomic E-state index is 14.4. The molecule has 0 spiro atoms. The lowest BCUT2D eigenvalue weighted by atomic mass is 9.33. The highest BCUT2D eigenvalue weighted by atomic mass is 16.5. The maximum absolute atomic E-state index is 14.4. The Labute approximate surface area is 250 Å². The summed E-state index contributed by atoms with van der Waals surface area (Å²) in [6.07, 6.45) is 12.7. The topological polar surface area (TPSA) is 75.6 Å². The number of esters is 1. The summed E-state index contributed by atoms with van der Waals surface area (Å²) in [6, 6.07) is -0.617. The minimum atomic E-state index is -0.617. The summed E-state index contributed by atoms with van der Waals surface area (Å²) in [5.74, 6) is 0.994. The second kappa shape index (κ2) is 9.83. The lowest BCUT2D eigenvalue weighted by molar-refractivity contribution is -0.203. The van der Waals surface area contributed by atoms with Crippen molar-refractivity contribution in [2.75, 3.05) is 7.11 Å². The predicted octanol–water partition coefficient (Wildman–Crippen LogP) is 7.46. The average molecular weight is 570 g/mol. The molecule has 0 aliphatic heterocycles. The van der Waals surface area contributed by atoms with Crippen molar-refractivity contribution in [1.29, 1.82) is 0 Å². The highest BCUT2D eigenvalue weighted by molar-refractivity contribution is 5.89. The van der Waals surface area contributed by atoms with Gasteiger partial charge in [0.1, 0.15) is 6.04 Å². The summed E-state index contributed by atoms with van der Waals surface area (Å²) in [4.78, 5) is 27.1. The largest absolute Gasteiger partial charge is 0.467 e. The van der Waals surface area contributed by atoms with Gasteiger partial charge >= 0.3 is 5.97 Å². The van der Waals surface area contributed by atoms with Crippen LogP contribution in [0.3, 0.4) is 0 Å². The van der Waals surface area contributed by atoms with Gasteiger partial charge in [0.2, 0.25) is 5.91 Å². The van der Waals surface area contributed by atoms with Gasteiger partial charge in [-0.3, -0.25) is 4.79 Å². The molecule has 0 radical (unpaired) electrons. The number of ether oxygens (including phenoxy) is 1. The molecule has 5 nitrogen and oxygen atoms in total. The highest BCUT2D eigenvalue weighted by Gasteiger charge is 2.69. The quantitative estimate of drug-likeness (QED) is 0.272. The molecule has 0 heterocycles. The molecular weight excluding hydrogens is 510 g/mol. The molecule has 4 saturated carbocycles. The van der Waals surface area contributed by atoms with E-state index in [9.17, 15) is 14.7 Å². The number of methoxy groups -OCH3 is 1. The van der Waals surface area contributed by atoms with E-state index in [-0.39, 0.29) is 56.9 Å². The number of hydrogen-bond acceptors (Lipinski definition) is 4. The van der Waals surface area contributed by atoms with Crippen LogP contribution in [0.1, 0.15) is 127 Å². The molecule has 0 saturated heterocycles. The van der Waals surface area contributed by atoms with Crippen LogP contribution >= 0.6 is 0 Å². The molecule has 2 N–H and O–H groups in total. The molecule has 9 atom stereocenters. The van der Waals surface area contributed by atoms with Crippen LogP contribution in [0, 0.1) is 56.2 Å². The van der Waals surface area contributed by atoms with E-state index in [0.29, 0.717) is 11.8 Å². The molecule has 41 heavy (non-hydrogen) atoms. The molecule has 5 aliphatic carbocycles. The van der Waals surface area contributed by atoms with Gasteiger partial charge in [0.25, 0.3) is 0 Å². The van der Waals surface area contributed by atoms with Crippen LogP contribution in [-0.4, -0.2) is 36.2 Å². The summed E-state index contributed by atoms with van der Waals surface area (Å²) in [5, 5.41) is 14.2. The number of nitrogens with one attached hydrogen (secondary N) is 1. The van der Waals surface area contributed by atoms with E-state index in [1.54, 1.807) is 5.57 Å². The molecule has 5 aliphatic rings. The summed E-state index contributed by atoms with van der Waals surface area (Å²) < 4.78 is 5.10. The SMILES string of the molecule is COC(=O)[C@@H](NC(=O)[C@]12CCC(C)(C)C[C@H]1C1=CC[C@@H]3[C@@]4(C)CC[C@H](O)C(C)(C)[C@@H]4CC[C@@]3(C)[C@]1(C)CC2)C(C)C. The van der Waals surface area contributed by atoms with Gasteiger partial charge in [-0.15, -0.1) is 0 Å². The highest BCUT2D eigenvalue weighted by Crippen LogP contribution is 2.75. The lowest BCUT2D eigenvalue weighted by Gasteiger charge is -2.71. The molecule has 232 valence electrons. The number of hydrogen-bond donors (Lipinski definition) is 2. The molecule has 1 amide bonds. The lowest BCUT2D eigenvalue weighted by Crippen LogP contribution is -2.66. The maximum Gasteiger partial charge on any atom is 0.328 e. The van der Waals surface area contributed by atoms with E-state index in [1.165, 1.54) is 20.0 Å². The first-order chi connectivity index (χ1) is 18.9. The standard InChI is InChI=1S/C36H59NO4/c1-22(2)28(29(39)41-10)37-30(40)36-19-17-31(3,4)21-24(36)23-11-12-26-33(7)15-14-27(38)32(5,6)25(33)13-16-35(26,9)34(23,8)18-20-36/h11,22,24-28,38H,12-21H2,1-10H3,(H,37,40)/t24-,25-,26+,27-,28-,33-,34+,35+,36-/m0/s1. The smallest absolute Gasteiger partial charge is 0.328 e. The number of aliphatic hydroxyl groups excluding tert-OH is 1. The zero-order valence-corrected chi connectivity index (χ0v) is 27.8. The Bertz CT molecular complexity index is 1110. The van der Waals surface area contributed by atoms with Crippen molar-refractivity contribution in [3.63, 3.8) is 0 Å². The second-order valence-electron chi connectivity index (χ2n) is 17.5. The van der Waals surface area contributed by atoms with E-state index in [0.717, 1.165) is 51.4 Å². The van der Waals surface area contributed by atoms with Crippen molar-refractivity contribution >= 4 is 11.9 Å². The Morgan fingerprint density at radius 3 is 2.22 bits per heavy atom. The van der Waals surface area contributed by atoms with Gasteiger partial charge in [-0.2, -0.15) is 0 Å². The fourth-order valence-corrected chi connectivity index (χ4v) is 11.5. The zero-order chi connectivity index (χ0) is 30.4. The third kappa shape index (κ3) is 4.32. The van der Waals surface area contributed by atoms with Crippen LogP contribution in [0.2, 0.25) is 0 Å². The number of allylic oxidation sites excluding steroid dienone is 2. The first-order valence-electron chi connectivity index (χ1n) is 16.7. The Hall–Kier alpha value is -1.36. The number of fused-ring (bicyclic) bond motifs is 7. The van der Waals surface area contributed by atoms with Gasteiger partial charge in [0, 0.05) is 0 Å². The van der Waals surface area contributed by atoms with Gasteiger partial charge in [-0.1, -0.05) is 74.0 Å². The van der Waals surface area contributed by atoms with Crippen molar-refractivity contribution in [3.8, 4) is 0 Å². The zero-order valence-electron chi connectivity index (χ0n) is 27.8. The van der Waals surface area contributed by atoms with Crippen LogP contribution in [0.25, 0.3) is 0 Å². The Kier molecular flexibility index (Phi) is 7.45. The van der Waals surface area contributed by atoms with Gasteiger partial charge in [0.15, 0.2) is 0 Å². The molecule has 4 fully saturated rings. The Morgan fingerprint density at radius 2 is 1.59 bits per heavy atom. The van der Waals surface area contributed by atoms with E-state index >= 15 is 0 Å². The van der Waals surface area contributed by atoms with Gasteiger partial charge < -0.3 is 15.2 Å². The number of aliphatic hydroxyl groups is 1. The molecule has 0 bridgehead atoms. The van der Waals surface area contributed by atoms with Gasteiger partial charge in [-0.05, 0) is 115 Å². The fraction of sp³-hybridized carbons (Fsp3) is 0.889. The number of carbonyl (C=O) groups is 2. The van der Waals surface area contributed by atoms with E-state index in [1.807, 2.05) is 13.8 Å². The number of rotatable bonds is 4. The summed E-state index contributed by atoms with van der Waals surface area (Å²) >= 11 is 0. The minimum Gasteiger partial charge on any atom is -0.467 e. The van der Waals surface area contributed by atoms with Crippen molar-refractivity contribution in [3.05, 3.63) is 11.6 Å². The molecule has 0 aromatic carbocycles. The molecule has 0 aromatic rings. The third-order valence-electron chi connectivity index (χ3n) is 14.5. The van der Waals surface area contributed by atoms with Crippen LogP contribution in [0.15, 0.2) is 11.6 Å². The minimum absolute atomic E-state index is 0.0297. The number of amides is 1. The Morgan fingerprint density at radius 1 is 0.927 bits per heavy atom. The van der Waals surface area contributed by atoms with Crippen LogP contribution in [0.5, 0.6) is 0 Å². The number of carbonyl (C=O) groups excluding carboxylic acids is 2. The second-order valence-corrected chi connectivity index (χ2v) is 17.5. The summed E-state index contributed by atoms with van der Waals surface area (Å²) in [7, 11) is 1.41. The molecule has 0 unspecified atom stereocenters. The van der Waals surface area contributed by atoms with Crippen molar-refractivity contribution in [1.82, 2.24) is 5.32 Å². The molecule has 0 aromatic heterocycles. The average Bonchev–Trinajstić information content (AvgIpc) is 2.89. The third-order valence-corrected chi connectivity index (χ3v) is 14.5. The van der Waals surface area contributed by atoms with Crippen molar-refractivity contribution < 1.29 is 19.4 Å². The molecule has 5 rings (SSSR count). The van der Waals surface area contributed by atoms with Crippen LogP contribution < -0.4 is 5.32 Å². The first-order valence-corrected chi connectivity index (χ1v) is 16.7. The molecular formula is C36H59NO4. The predicted molar refractivity (Wildman–Crippen MR) is 164 cm³/mol. The van der Waals surface area contributed by atoms with Crippen molar-refractivity contribution in [2.24, 2.45) is 56.2 Å². The van der Waals surface area contributed by atoms with E-state index < -0.39 is 11.5 Å². The van der Waals surface area contributed by atoms with Crippen LogP contribution in [-0.2, 0) is 14.3 Å². The first kappa shape index (κ1) is 31.1. The summed E-state index contributed by atoms with van der Waals surface area (Å²) in [6.45, 7) is 21.0.